The van der Waals surface area contributed by atoms with Gasteiger partial charge in [0, 0.05) is 6.20 Å². The second kappa shape index (κ2) is 9.30. The Balaban J connectivity index is 1.55. The maximum Gasteiger partial charge on any atom is 0.321 e. The number of aromatic nitrogens is 1. The smallest absolute Gasteiger partial charge is 0.321 e. The van der Waals surface area contributed by atoms with Crippen molar-refractivity contribution < 1.29 is 14.0 Å². The van der Waals surface area contributed by atoms with E-state index in [9.17, 15) is 9.59 Å². The zero-order valence-corrected chi connectivity index (χ0v) is 14.6. The average molecular weight is 364 g/mol. The zero-order chi connectivity index (χ0) is 18.9. The molecule has 2 heterocycles. The third-order valence-corrected chi connectivity index (χ3v) is 3.84. The molecule has 2 aromatic heterocycles. The molecule has 0 spiro atoms. The van der Waals surface area contributed by atoms with Gasteiger partial charge in [0.05, 0.1) is 31.1 Å². The number of carbonyl (C=O) groups excluding carboxylic acids is 2. The number of amides is 3. The first-order valence-corrected chi connectivity index (χ1v) is 8.51. The molecule has 3 rings (SSSR count). The van der Waals surface area contributed by atoms with E-state index in [1.807, 2.05) is 48.5 Å². The fraction of sp³-hybridized carbons (Fsp3) is 0.150. The van der Waals surface area contributed by atoms with Gasteiger partial charge in [0.15, 0.2) is 0 Å². The lowest BCUT2D eigenvalue weighted by Gasteiger charge is -2.18. The summed E-state index contributed by atoms with van der Waals surface area (Å²) in [6, 6.07) is 17.9. The van der Waals surface area contributed by atoms with Gasteiger partial charge in [0.2, 0.25) is 5.91 Å². The highest BCUT2D eigenvalue weighted by atomic mass is 16.3. The molecule has 3 N–H and O–H groups in total. The first-order valence-electron chi connectivity index (χ1n) is 8.51. The standard InChI is InChI=1S/C20H20N4O3/c25-18(24-20(26)23-13-16-9-6-12-27-16)14-22-19(15-7-2-1-3-8-15)17-10-4-5-11-21-17/h1-12,19,22H,13-14H2,(H2,23,24,25,26). The summed E-state index contributed by atoms with van der Waals surface area (Å²) >= 11 is 0. The van der Waals surface area contributed by atoms with Crippen LogP contribution in [-0.4, -0.2) is 23.5 Å². The van der Waals surface area contributed by atoms with E-state index >= 15 is 0 Å². The van der Waals surface area contributed by atoms with E-state index in [2.05, 4.69) is 20.9 Å². The average Bonchev–Trinajstić information content (AvgIpc) is 3.22. The number of benzene rings is 1. The summed E-state index contributed by atoms with van der Waals surface area (Å²) in [5.74, 6) is 0.166. The third kappa shape index (κ3) is 5.52. The number of furan rings is 1. The molecular formula is C20H20N4O3. The summed E-state index contributed by atoms with van der Waals surface area (Å²) in [4.78, 5) is 28.3. The Morgan fingerprint density at radius 2 is 1.81 bits per heavy atom. The lowest BCUT2D eigenvalue weighted by Crippen LogP contribution is -2.43. The first-order chi connectivity index (χ1) is 13.2. The monoisotopic (exact) mass is 364 g/mol. The quantitative estimate of drug-likeness (QED) is 0.598. The Bertz CT molecular complexity index is 812. The molecule has 7 nitrogen and oxygen atoms in total. The highest BCUT2D eigenvalue weighted by molar-refractivity contribution is 5.95. The molecule has 0 bridgehead atoms. The van der Waals surface area contributed by atoms with Gasteiger partial charge < -0.3 is 9.73 Å². The second-order valence-electron chi connectivity index (χ2n) is 5.79. The predicted octanol–water partition coefficient (Wildman–Crippen LogP) is 2.38. The minimum atomic E-state index is -0.577. The van der Waals surface area contributed by atoms with Crippen LogP contribution < -0.4 is 16.0 Å². The van der Waals surface area contributed by atoms with Gasteiger partial charge in [-0.2, -0.15) is 0 Å². The summed E-state index contributed by atoms with van der Waals surface area (Å²) in [6.07, 6.45) is 3.22. The van der Waals surface area contributed by atoms with Crippen molar-refractivity contribution in [3.05, 3.63) is 90.1 Å². The molecule has 0 saturated carbocycles. The Morgan fingerprint density at radius 3 is 2.52 bits per heavy atom. The van der Waals surface area contributed by atoms with Crippen molar-refractivity contribution in [2.45, 2.75) is 12.6 Å². The zero-order valence-electron chi connectivity index (χ0n) is 14.6. The maximum absolute atomic E-state index is 12.1. The number of imide groups is 1. The molecule has 27 heavy (non-hydrogen) atoms. The van der Waals surface area contributed by atoms with Crippen LogP contribution in [-0.2, 0) is 11.3 Å². The van der Waals surface area contributed by atoms with Crippen LogP contribution >= 0.6 is 0 Å². The molecule has 3 amide bonds. The summed E-state index contributed by atoms with van der Waals surface area (Å²) in [6.45, 7) is 0.171. The number of nitrogens with zero attached hydrogens (tertiary/aromatic N) is 1. The molecule has 0 saturated heterocycles. The normalized spacial score (nSPS) is 11.6. The van der Waals surface area contributed by atoms with Crippen molar-refractivity contribution in [3.63, 3.8) is 0 Å². The Kier molecular flexibility index (Phi) is 6.32. The van der Waals surface area contributed by atoms with Crippen molar-refractivity contribution in [1.82, 2.24) is 20.9 Å². The van der Waals surface area contributed by atoms with Gasteiger partial charge in [-0.25, -0.2) is 4.79 Å². The van der Waals surface area contributed by atoms with E-state index < -0.39 is 11.9 Å². The number of urea groups is 1. The molecule has 0 aliphatic carbocycles. The maximum atomic E-state index is 12.1. The van der Waals surface area contributed by atoms with Gasteiger partial charge in [-0.3, -0.25) is 20.4 Å². The fourth-order valence-electron chi connectivity index (χ4n) is 2.58. The SMILES string of the molecule is O=C(CNC(c1ccccc1)c1ccccn1)NC(=O)NCc1ccco1. The van der Waals surface area contributed by atoms with Crippen LogP contribution in [0.1, 0.15) is 23.1 Å². The van der Waals surface area contributed by atoms with E-state index in [1.165, 1.54) is 6.26 Å². The van der Waals surface area contributed by atoms with Crippen molar-refractivity contribution in [2.24, 2.45) is 0 Å². The highest BCUT2D eigenvalue weighted by Gasteiger charge is 2.16. The summed E-state index contributed by atoms with van der Waals surface area (Å²) in [5.41, 5.74) is 1.77. The Morgan fingerprint density at radius 1 is 1.00 bits per heavy atom. The summed E-state index contributed by atoms with van der Waals surface area (Å²) in [5, 5.41) is 8.00. The van der Waals surface area contributed by atoms with Gasteiger partial charge in [-0.1, -0.05) is 36.4 Å². The van der Waals surface area contributed by atoms with Gasteiger partial charge in [-0.15, -0.1) is 0 Å². The van der Waals surface area contributed by atoms with E-state index in [0.29, 0.717) is 5.76 Å². The van der Waals surface area contributed by atoms with Crippen LogP contribution in [0.4, 0.5) is 4.79 Å². The largest absolute Gasteiger partial charge is 0.467 e. The Hall–Kier alpha value is -3.45. The van der Waals surface area contributed by atoms with Crippen LogP contribution in [0.15, 0.2) is 77.5 Å². The molecule has 138 valence electrons. The molecule has 1 aromatic carbocycles. The fourth-order valence-corrected chi connectivity index (χ4v) is 2.58. The molecule has 0 aliphatic rings. The summed E-state index contributed by atoms with van der Waals surface area (Å²) in [7, 11) is 0. The van der Waals surface area contributed by atoms with Crippen LogP contribution in [0.3, 0.4) is 0 Å². The van der Waals surface area contributed by atoms with E-state index in [-0.39, 0.29) is 19.1 Å². The van der Waals surface area contributed by atoms with E-state index in [1.54, 1.807) is 18.3 Å². The predicted molar refractivity (Wildman–Crippen MR) is 99.6 cm³/mol. The lowest BCUT2D eigenvalue weighted by molar-refractivity contribution is -0.119. The van der Waals surface area contributed by atoms with Gasteiger partial charge in [-0.05, 0) is 29.8 Å². The molecule has 0 radical (unpaired) electrons. The van der Waals surface area contributed by atoms with E-state index in [4.69, 9.17) is 4.42 Å². The van der Waals surface area contributed by atoms with E-state index in [0.717, 1.165) is 11.3 Å². The van der Waals surface area contributed by atoms with Crippen molar-refractivity contribution in [3.8, 4) is 0 Å². The molecular weight excluding hydrogens is 344 g/mol. The molecule has 7 heteroatoms. The number of hydrogen-bond acceptors (Lipinski definition) is 5. The number of pyridine rings is 1. The van der Waals surface area contributed by atoms with Crippen molar-refractivity contribution in [2.75, 3.05) is 6.54 Å². The number of rotatable bonds is 7. The van der Waals surface area contributed by atoms with Crippen LogP contribution in [0.2, 0.25) is 0 Å². The van der Waals surface area contributed by atoms with Crippen LogP contribution in [0.5, 0.6) is 0 Å². The topological polar surface area (TPSA) is 96.3 Å². The summed E-state index contributed by atoms with van der Waals surface area (Å²) < 4.78 is 5.12. The van der Waals surface area contributed by atoms with Gasteiger partial charge >= 0.3 is 6.03 Å². The van der Waals surface area contributed by atoms with Crippen LogP contribution in [0, 0.1) is 0 Å². The third-order valence-electron chi connectivity index (χ3n) is 3.84. The number of carbonyl (C=O) groups is 2. The molecule has 1 unspecified atom stereocenters. The first kappa shape index (κ1) is 18.3. The Labute approximate surface area is 156 Å². The van der Waals surface area contributed by atoms with Crippen LogP contribution in [0.25, 0.3) is 0 Å². The minimum Gasteiger partial charge on any atom is -0.467 e. The van der Waals surface area contributed by atoms with Crippen molar-refractivity contribution in [1.29, 1.82) is 0 Å². The molecule has 1 atom stereocenters. The van der Waals surface area contributed by atoms with Crippen molar-refractivity contribution >= 4 is 11.9 Å². The molecule has 3 aromatic rings. The molecule has 0 fully saturated rings. The number of nitrogens with one attached hydrogen (secondary N) is 3. The highest BCUT2D eigenvalue weighted by Crippen LogP contribution is 2.19. The minimum absolute atomic E-state index is 0.0374. The van der Waals surface area contributed by atoms with Gasteiger partial charge in [0.25, 0.3) is 0 Å². The van der Waals surface area contributed by atoms with Gasteiger partial charge in [0.1, 0.15) is 5.76 Å². The second-order valence-corrected chi connectivity index (χ2v) is 5.79. The lowest BCUT2D eigenvalue weighted by atomic mass is 10.0. The molecule has 0 aliphatic heterocycles. The number of hydrogen-bond donors (Lipinski definition) is 3.